The minimum atomic E-state index is -0.184. The third-order valence-electron chi connectivity index (χ3n) is 3.73. The quantitative estimate of drug-likeness (QED) is 0.779. The number of fused-ring (bicyclic) bond motifs is 1. The zero-order chi connectivity index (χ0) is 16.9. The van der Waals surface area contributed by atoms with Crippen LogP contribution in [0.4, 0.5) is 5.69 Å². The van der Waals surface area contributed by atoms with E-state index in [2.05, 4.69) is 0 Å². The molecule has 0 unspecified atom stereocenters. The number of anilines is 1. The molecule has 3 rings (SSSR count). The van der Waals surface area contributed by atoms with Crippen molar-refractivity contribution in [2.24, 2.45) is 0 Å². The molecule has 1 amide bonds. The summed E-state index contributed by atoms with van der Waals surface area (Å²) in [6.45, 7) is 1.42. The van der Waals surface area contributed by atoms with E-state index in [1.54, 1.807) is 18.1 Å². The molecule has 24 heavy (non-hydrogen) atoms. The second-order valence-electron chi connectivity index (χ2n) is 5.29. The van der Waals surface area contributed by atoms with Gasteiger partial charge in [0.05, 0.1) is 13.7 Å². The number of alkyl halides is 1. The molecule has 1 aliphatic heterocycles. The van der Waals surface area contributed by atoms with Crippen LogP contribution in [0.2, 0.25) is 0 Å². The summed E-state index contributed by atoms with van der Waals surface area (Å²) in [5.41, 5.74) is 1.66. The van der Waals surface area contributed by atoms with Gasteiger partial charge in [-0.25, -0.2) is 0 Å². The van der Waals surface area contributed by atoms with Crippen molar-refractivity contribution in [1.29, 1.82) is 0 Å². The van der Waals surface area contributed by atoms with Crippen LogP contribution in [0.3, 0.4) is 0 Å². The molecule has 0 atom stereocenters. The first kappa shape index (κ1) is 16.5. The monoisotopic (exact) mass is 347 g/mol. The third-order valence-corrected chi connectivity index (χ3v) is 3.96. The maximum absolute atomic E-state index is 12.3. The molecule has 2 aromatic carbocycles. The number of hydrogen-bond donors (Lipinski definition) is 0. The summed E-state index contributed by atoms with van der Waals surface area (Å²) in [4.78, 5) is 14.0. The van der Waals surface area contributed by atoms with Gasteiger partial charge in [-0.05, 0) is 29.8 Å². The van der Waals surface area contributed by atoms with E-state index in [1.807, 2.05) is 36.4 Å². The van der Waals surface area contributed by atoms with Gasteiger partial charge in [0, 0.05) is 11.8 Å². The number of halogens is 1. The SMILES string of the molecule is COc1cccc(CN(C(=O)CCl)c2ccc3c(c2)OCCO3)c1. The summed E-state index contributed by atoms with van der Waals surface area (Å²) in [6, 6.07) is 13.0. The van der Waals surface area contributed by atoms with Crippen molar-refractivity contribution in [2.75, 3.05) is 31.1 Å². The molecule has 6 heteroatoms. The van der Waals surface area contributed by atoms with Crippen molar-refractivity contribution in [1.82, 2.24) is 0 Å². The molecule has 0 saturated carbocycles. The molecule has 5 nitrogen and oxygen atoms in total. The Morgan fingerprint density at radius 3 is 2.71 bits per heavy atom. The Bertz CT molecular complexity index is 735. The zero-order valence-electron chi connectivity index (χ0n) is 13.3. The highest BCUT2D eigenvalue weighted by Crippen LogP contribution is 2.34. The van der Waals surface area contributed by atoms with Crippen LogP contribution in [0.1, 0.15) is 5.56 Å². The van der Waals surface area contributed by atoms with Crippen molar-refractivity contribution < 1.29 is 19.0 Å². The van der Waals surface area contributed by atoms with Crippen LogP contribution in [0, 0.1) is 0 Å². The van der Waals surface area contributed by atoms with Crippen molar-refractivity contribution in [3.63, 3.8) is 0 Å². The minimum Gasteiger partial charge on any atom is -0.497 e. The third kappa shape index (κ3) is 3.57. The number of ether oxygens (including phenoxy) is 3. The normalized spacial score (nSPS) is 12.6. The van der Waals surface area contributed by atoms with Crippen LogP contribution < -0.4 is 19.1 Å². The second-order valence-corrected chi connectivity index (χ2v) is 5.56. The van der Waals surface area contributed by atoms with Crippen LogP contribution >= 0.6 is 11.6 Å². The predicted octanol–water partition coefficient (Wildman–Crippen LogP) is 3.24. The number of carbonyl (C=O) groups is 1. The van der Waals surface area contributed by atoms with Gasteiger partial charge in [0.2, 0.25) is 5.91 Å². The first-order chi connectivity index (χ1) is 11.7. The van der Waals surface area contributed by atoms with E-state index < -0.39 is 0 Å². The van der Waals surface area contributed by atoms with Gasteiger partial charge >= 0.3 is 0 Å². The number of nitrogens with zero attached hydrogens (tertiary/aromatic N) is 1. The van der Waals surface area contributed by atoms with Crippen LogP contribution in [-0.4, -0.2) is 32.1 Å². The van der Waals surface area contributed by atoms with Gasteiger partial charge in [-0.15, -0.1) is 11.6 Å². The van der Waals surface area contributed by atoms with Gasteiger partial charge in [-0.3, -0.25) is 4.79 Å². The lowest BCUT2D eigenvalue weighted by Crippen LogP contribution is -2.31. The van der Waals surface area contributed by atoms with Gasteiger partial charge in [0.1, 0.15) is 24.8 Å². The lowest BCUT2D eigenvalue weighted by Gasteiger charge is -2.25. The Labute approximate surface area is 145 Å². The molecular weight excluding hydrogens is 330 g/mol. The van der Waals surface area contributed by atoms with Crippen LogP contribution in [0.25, 0.3) is 0 Å². The molecule has 1 heterocycles. The largest absolute Gasteiger partial charge is 0.497 e. The fourth-order valence-corrected chi connectivity index (χ4v) is 2.69. The fourth-order valence-electron chi connectivity index (χ4n) is 2.55. The van der Waals surface area contributed by atoms with Crippen molar-refractivity contribution >= 4 is 23.2 Å². The van der Waals surface area contributed by atoms with Gasteiger partial charge in [-0.1, -0.05) is 12.1 Å². The molecule has 0 spiro atoms. The lowest BCUT2D eigenvalue weighted by atomic mass is 10.1. The predicted molar refractivity (Wildman–Crippen MR) is 92.3 cm³/mol. The van der Waals surface area contributed by atoms with Crippen molar-refractivity contribution in [3.05, 3.63) is 48.0 Å². The van der Waals surface area contributed by atoms with Gasteiger partial charge in [-0.2, -0.15) is 0 Å². The molecule has 0 saturated heterocycles. The highest BCUT2D eigenvalue weighted by atomic mass is 35.5. The Kier molecular flexibility index (Phi) is 5.11. The van der Waals surface area contributed by atoms with Gasteiger partial charge in [0.25, 0.3) is 0 Å². The Balaban J connectivity index is 1.90. The molecule has 126 valence electrons. The number of methoxy groups -OCH3 is 1. The zero-order valence-corrected chi connectivity index (χ0v) is 14.1. The number of hydrogen-bond acceptors (Lipinski definition) is 4. The molecule has 0 radical (unpaired) electrons. The molecule has 2 aromatic rings. The van der Waals surface area contributed by atoms with E-state index in [-0.39, 0.29) is 11.8 Å². The van der Waals surface area contributed by atoms with Gasteiger partial charge in [0.15, 0.2) is 11.5 Å². The number of rotatable bonds is 5. The molecule has 0 bridgehead atoms. The van der Waals surface area contributed by atoms with E-state index in [0.29, 0.717) is 36.9 Å². The second kappa shape index (κ2) is 7.45. The molecule has 0 fully saturated rings. The molecular formula is C18H18ClNO4. The average molecular weight is 348 g/mol. The standard InChI is InChI=1S/C18H18ClNO4/c1-22-15-4-2-3-13(9-15)12-20(18(21)11-19)14-5-6-16-17(10-14)24-8-7-23-16/h2-6,9-10H,7-8,11-12H2,1H3. The van der Waals surface area contributed by atoms with E-state index in [0.717, 1.165) is 11.3 Å². The van der Waals surface area contributed by atoms with Gasteiger partial charge < -0.3 is 19.1 Å². The first-order valence-corrected chi connectivity index (χ1v) is 8.13. The molecule has 0 aromatic heterocycles. The van der Waals surface area contributed by atoms with E-state index >= 15 is 0 Å². The first-order valence-electron chi connectivity index (χ1n) is 7.60. The Morgan fingerprint density at radius 2 is 1.96 bits per heavy atom. The highest BCUT2D eigenvalue weighted by Gasteiger charge is 2.19. The summed E-state index contributed by atoms with van der Waals surface area (Å²) >= 11 is 5.79. The smallest absolute Gasteiger partial charge is 0.242 e. The molecule has 0 aliphatic carbocycles. The summed E-state index contributed by atoms with van der Waals surface area (Å²) in [7, 11) is 1.61. The number of amides is 1. The molecule has 0 N–H and O–H groups in total. The topological polar surface area (TPSA) is 48.0 Å². The summed E-state index contributed by atoms with van der Waals surface area (Å²) in [5.74, 6) is 1.78. The van der Waals surface area contributed by atoms with Crippen molar-refractivity contribution in [2.45, 2.75) is 6.54 Å². The summed E-state index contributed by atoms with van der Waals surface area (Å²) in [5, 5.41) is 0. The number of carbonyl (C=O) groups excluding carboxylic acids is 1. The lowest BCUT2D eigenvalue weighted by molar-refractivity contribution is -0.116. The van der Waals surface area contributed by atoms with E-state index in [4.69, 9.17) is 25.8 Å². The Hall–Kier alpha value is -2.40. The Morgan fingerprint density at radius 1 is 1.17 bits per heavy atom. The minimum absolute atomic E-state index is 0.0988. The molecule has 1 aliphatic rings. The fraction of sp³-hybridized carbons (Fsp3) is 0.278. The maximum Gasteiger partial charge on any atom is 0.242 e. The van der Waals surface area contributed by atoms with Crippen LogP contribution in [-0.2, 0) is 11.3 Å². The van der Waals surface area contributed by atoms with Crippen LogP contribution in [0.5, 0.6) is 17.2 Å². The summed E-state index contributed by atoms with van der Waals surface area (Å²) < 4.78 is 16.4. The maximum atomic E-state index is 12.3. The average Bonchev–Trinajstić information content (AvgIpc) is 2.65. The van der Waals surface area contributed by atoms with Crippen LogP contribution in [0.15, 0.2) is 42.5 Å². The van der Waals surface area contributed by atoms with Crippen molar-refractivity contribution in [3.8, 4) is 17.2 Å². The highest BCUT2D eigenvalue weighted by molar-refractivity contribution is 6.29. The van der Waals surface area contributed by atoms with E-state index in [9.17, 15) is 4.79 Å². The van der Waals surface area contributed by atoms with E-state index in [1.165, 1.54) is 0 Å². The number of benzene rings is 2. The summed E-state index contributed by atoms with van der Waals surface area (Å²) in [6.07, 6.45) is 0.